The fourth-order valence-electron chi connectivity index (χ4n) is 1.71. The first-order valence-electron chi connectivity index (χ1n) is 5.73. The van der Waals surface area contributed by atoms with Crippen LogP contribution in [0, 0.1) is 15.9 Å². The van der Waals surface area contributed by atoms with Crippen molar-refractivity contribution in [1.82, 2.24) is 0 Å². The largest absolute Gasteiger partial charge is 0.506 e. The van der Waals surface area contributed by atoms with E-state index in [4.69, 9.17) is 23.2 Å². The van der Waals surface area contributed by atoms with Crippen molar-refractivity contribution in [2.75, 3.05) is 5.32 Å². The van der Waals surface area contributed by atoms with E-state index in [1.807, 2.05) is 0 Å². The number of halogens is 3. The lowest BCUT2D eigenvalue weighted by Crippen LogP contribution is -2.01. The average Bonchev–Trinajstić information content (AvgIpc) is 2.42. The first-order chi connectivity index (χ1) is 9.88. The van der Waals surface area contributed by atoms with Crippen molar-refractivity contribution in [3.8, 4) is 5.75 Å². The van der Waals surface area contributed by atoms with Crippen molar-refractivity contribution in [3.05, 3.63) is 61.9 Å². The molecule has 21 heavy (non-hydrogen) atoms. The van der Waals surface area contributed by atoms with Crippen LogP contribution in [0.15, 0.2) is 30.3 Å². The highest BCUT2D eigenvalue weighted by Crippen LogP contribution is 2.32. The topological polar surface area (TPSA) is 75.4 Å². The van der Waals surface area contributed by atoms with E-state index in [1.165, 1.54) is 18.2 Å². The van der Waals surface area contributed by atoms with Gasteiger partial charge in [-0.1, -0.05) is 23.2 Å². The molecule has 5 nitrogen and oxygen atoms in total. The summed E-state index contributed by atoms with van der Waals surface area (Å²) in [5.74, 6) is -1.05. The molecule has 0 bridgehead atoms. The van der Waals surface area contributed by atoms with Crippen LogP contribution in [0.2, 0.25) is 10.0 Å². The lowest BCUT2D eigenvalue weighted by atomic mass is 10.2. The number of nitro groups is 1. The van der Waals surface area contributed by atoms with Crippen molar-refractivity contribution in [1.29, 1.82) is 0 Å². The Morgan fingerprint density at radius 3 is 2.67 bits per heavy atom. The minimum absolute atomic E-state index is 0.101. The maximum absolute atomic E-state index is 13.2. The number of nitrogens with zero attached hydrogens (tertiary/aromatic N) is 1. The highest BCUT2D eigenvalue weighted by molar-refractivity contribution is 6.35. The Morgan fingerprint density at radius 1 is 1.29 bits per heavy atom. The lowest BCUT2D eigenvalue weighted by Gasteiger charge is -2.10. The molecule has 0 aliphatic heterocycles. The summed E-state index contributed by atoms with van der Waals surface area (Å²) in [6.07, 6.45) is 0. The Bertz CT molecular complexity index is 710. The third-order valence-corrected chi connectivity index (χ3v) is 3.24. The summed E-state index contributed by atoms with van der Waals surface area (Å²) in [5, 5.41) is 23.7. The monoisotopic (exact) mass is 330 g/mol. The first kappa shape index (κ1) is 15.3. The van der Waals surface area contributed by atoms with Gasteiger partial charge in [-0.3, -0.25) is 10.1 Å². The lowest BCUT2D eigenvalue weighted by molar-refractivity contribution is -0.387. The fourth-order valence-corrected chi connectivity index (χ4v) is 2.25. The number of phenolic OH excluding ortho intramolecular Hbond substituents is 1. The van der Waals surface area contributed by atoms with Crippen LogP contribution in [-0.2, 0) is 6.54 Å². The van der Waals surface area contributed by atoms with Crippen LogP contribution in [-0.4, -0.2) is 10.0 Å². The molecular weight excluding hydrogens is 322 g/mol. The summed E-state index contributed by atoms with van der Waals surface area (Å²) in [6.45, 7) is 0.120. The summed E-state index contributed by atoms with van der Waals surface area (Å²) < 4.78 is 13.2. The van der Waals surface area contributed by atoms with Crippen LogP contribution >= 0.6 is 23.2 Å². The molecule has 0 aliphatic rings. The maximum atomic E-state index is 13.2. The summed E-state index contributed by atoms with van der Waals surface area (Å²) in [4.78, 5) is 9.84. The van der Waals surface area contributed by atoms with Gasteiger partial charge in [0.2, 0.25) is 5.82 Å². The molecule has 8 heteroatoms. The second kappa shape index (κ2) is 6.15. The molecule has 2 aromatic rings. The van der Waals surface area contributed by atoms with Gasteiger partial charge in [-0.15, -0.1) is 0 Å². The van der Waals surface area contributed by atoms with Crippen LogP contribution in [0.5, 0.6) is 5.75 Å². The van der Waals surface area contributed by atoms with Crippen LogP contribution in [0.25, 0.3) is 0 Å². The van der Waals surface area contributed by atoms with Crippen LogP contribution in [0.3, 0.4) is 0 Å². The van der Waals surface area contributed by atoms with E-state index >= 15 is 0 Å². The molecule has 2 rings (SSSR count). The Labute approximate surface area is 129 Å². The van der Waals surface area contributed by atoms with Crippen molar-refractivity contribution < 1.29 is 14.4 Å². The molecule has 0 amide bonds. The van der Waals surface area contributed by atoms with Gasteiger partial charge in [-0.05, 0) is 24.3 Å². The van der Waals surface area contributed by atoms with Crippen LogP contribution in [0.1, 0.15) is 5.56 Å². The predicted molar refractivity (Wildman–Crippen MR) is 78.5 cm³/mol. The van der Waals surface area contributed by atoms with Gasteiger partial charge in [0.1, 0.15) is 5.75 Å². The van der Waals surface area contributed by atoms with E-state index < -0.39 is 16.4 Å². The standard InChI is InChI=1S/C13H9Cl2FN2O3/c14-8-3-7(13(19)10(15)4-8)6-17-9-1-2-11(16)12(5-9)18(20)21/h1-5,17,19H,6H2. The second-order valence-corrected chi connectivity index (χ2v) is 5.02. The van der Waals surface area contributed by atoms with Crippen molar-refractivity contribution >= 4 is 34.6 Å². The minimum atomic E-state index is -0.917. The van der Waals surface area contributed by atoms with Gasteiger partial charge in [-0.2, -0.15) is 4.39 Å². The number of hydrogen-bond acceptors (Lipinski definition) is 4. The highest BCUT2D eigenvalue weighted by atomic mass is 35.5. The van der Waals surface area contributed by atoms with Crippen molar-refractivity contribution in [2.24, 2.45) is 0 Å². The predicted octanol–water partition coefficient (Wildman–Crippen LogP) is 4.36. The Morgan fingerprint density at radius 2 is 2.00 bits per heavy atom. The summed E-state index contributed by atoms with van der Waals surface area (Å²) in [6, 6.07) is 6.31. The SMILES string of the molecule is O=[N+]([O-])c1cc(NCc2cc(Cl)cc(Cl)c2O)ccc1F. The van der Waals surface area contributed by atoms with E-state index in [9.17, 15) is 19.6 Å². The molecular formula is C13H9Cl2FN2O3. The van der Waals surface area contributed by atoms with Gasteiger partial charge < -0.3 is 10.4 Å². The van der Waals surface area contributed by atoms with E-state index in [0.29, 0.717) is 16.3 Å². The number of phenols is 1. The fraction of sp³-hybridized carbons (Fsp3) is 0.0769. The maximum Gasteiger partial charge on any atom is 0.306 e. The Balaban J connectivity index is 2.21. The molecule has 0 aliphatic carbocycles. The van der Waals surface area contributed by atoms with Gasteiger partial charge >= 0.3 is 5.69 Å². The number of aromatic hydroxyl groups is 1. The van der Waals surface area contributed by atoms with E-state index in [1.54, 1.807) is 0 Å². The molecule has 0 atom stereocenters. The van der Waals surface area contributed by atoms with Crippen LogP contribution in [0.4, 0.5) is 15.8 Å². The normalized spacial score (nSPS) is 10.4. The highest BCUT2D eigenvalue weighted by Gasteiger charge is 2.14. The zero-order valence-corrected chi connectivity index (χ0v) is 12.0. The molecule has 0 unspecified atom stereocenters. The third kappa shape index (κ3) is 3.53. The quantitative estimate of drug-likeness (QED) is 0.645. The number of hydrogen-bond donors (Lipinski definition) is 2. The van der Waals surface area contributed by atoms with E-state index in [0.717, 1.165) is 12.1 Å². The minimum Gasteiger partial charge on any atom is -0.506 e. The van der Waals surface area contributed by atoms with Gasteiger partial charge in [0, 0.05) is 28.9 Å². The zero-order valence-electron chi connectivity index (χ0n) is 10.4. The van der Waals surface area contributed by atoms with Crippen LogP contribution < -0.4 is 5.32 Å². The summed E-state index contributed by atoms with van der Waals surface area (Å²) in [7, 11) is 0. The molecule has 0 saturated carbocycles. The number of rotatable bonds is 4. The second-order valence-electron chi connectivity index (χ2n) is 4.17. The molecule has 0 saturated heterocycles. The molecule has 2 aromatic carbocycles. The van der Waals surface area contributed by atoms with Crippen molar-refractivity contribution in [2.45, 2.75) is 6.54 Å². The molecule has 0 fully saturated rings. The smallest absolute Gasteiger partial charge is 0.306 e. The number of benzene rings is 2. The van der Waals surface area contributed by atoms with Gasteiger partial charge in [0.25, 0.3) is 0 Å². The number of anilines is 1. The van der Waals surface area contributed by atoms with E-state index in [-0.39, 0.29) is 17.3 Å². The first-order valence-corrected chi connectivity index (χ1v) is 6.49. The van der Waals surface area contributed by atoms with Gasteiger partial charge in [0.15, 0.2) is 0 Å². The molecule has 0 heterocycles. The third-order valence-electron chi connectivity index (χ3n) is 2.73. The summed E-state index contributed by atoms with van der Waals surface area (Å²) >= 11 is 11.6. The summed E-state index contributed by atoms with van der Waals surface area (Å²) in [5.41, 5.74) is 0.117. The Hall–Kier alpha value is -2.05. The molecule has 2 N–H and O–H groups in total. The number of nitro benzene ring substituents is 1. The van der Waals surface area contributed by atoms with E-state index in [2.05, 4.69) is 5.32 Å². The Kier molecular flexibility index (Phi) is 4.50. The molecule has 0 radical (unpaired) electrons. The van der Waals surface area contributed by atoms with Gasteiger partial charge in [-0.25, -0.2) is 0 Å². The zero-order chi connectivity index (χ0) is 15.6. The average molecular weight is 331 g/mol. The van der Waals surface area contributed by atoms with Crippen molar-refractivity contribution in [3.63, 3.8) is 0 Å². The molecule has 0 spiro atoms. The molecule has 0 aromatic heterocycles. The van der Waals surface area contributed by atoms with Gasteiger partial charge in [0.05, 0.1) is 9.95 Å². The number of nitrogens with one attached hydrogen (secondary N) is 1. The molecule has 110 valence electrons.